The molecule has 0 aliphatic heterocycles. The monoisotopic (exact) mass is 283 g/mol. The van der Waals surface area contributed by atoms with E-state index in [1.165, 1.54) is 0 Å². The van der Waals surface area contributed by atoms with Crippen LogP contribution in [0.1, 0.15) is 6.92 Å². The van der Waals surface area contributed by atoms with E-state index < -0.39 is 0 Å². The smallest absolute Gasteiger partial charge is 0.870 e. The van der Waals surface area contributed by atoms with Crippen LogP contribution in [0.5, 0.6) is 0 Å². The Labute approximate surface area is 127 Å². The maximum Gasteiger partial charge on any atom is 1.00 e. The van der Waals surface area contributed by atoms with Gasteiger partial charge in [0.05, 0.1) is 11.6 Å². The standard InChI is InChI=1S/C8H5Cl2N.C3H6O2.Li.H2O/c9-5-3-7(10)6-1-2-11-8(6)4-5;1-2-5-3-4;;/h1-4,11H;3H,2H2,1H3;;1H2/q;;+1;/p-1. The molecule has 2 N–H and O–H groups in total. The minimum absolute atomic E-state index is 0. The van der Waals surface area contributed by atoms with Crippen molar-refractivity contribution in [3.63, 3.8) is 0 Å². The van der Waals surface area contributed by atoms with E-state index in [2.05, 4.69) is 9.72 Å². The van der Waals surface area contributed by atoms with Gasteiger partial charge in [0.25, 0.3) is 6.47 Å². The number of ether oxygens (including phenoxy) is 1. The Balaban J connectivity index is 0. The zero-order chi connectivity index (χ0) is 12.0. The van der Waals surface area contributed by atoms with Crippen molar-refractivity contribution in [1.82, 2.24) is 4.98 Å². The van der Waals surface area contributed by atoms with Crippen molar-refractivity contribution in [3.05, 3.63) is 34.4 Å². The minimum Gasteiger partial charge on any atom is -0.870 e. The molecule has 1 aromatic heterocycles. The predicted molar refractivity (Wildman–Crippen MR) is 67.9 cm³/mol. The summed E-state index contributed by atoms with van der Waals surface area (Å²) in [6.07, 6.45) is 1.84. The Bertz CT molecular complexity index is 476. The molecule has 1 heterocycles. The summed E-state index contributed by atoms with van der Waals surface area (Å²) in [5.41, 5.74) is 0.975. The summed E-state index contributed by atoms with van der Waals surface area (Å²) >= 11 is 11.7. The zero-order valence-electron chi connectivity index (χ0n) is 10.1. The van der Waals surface area contributed by atoms with E-state index in [9.17, 15) is 4.79 Å². The molecule has 94 valence electrons. The number of hydrogen-bond acceptors (Lipinski definition) is 3. The van der Waals surface area contributed by atoms with Gasteiger partial charge in [-0.2, -0.15) is 0 Å². The number of nitrogens with one attached hydrogen (secondary N) is 1. The van der Waals surface area contributed by atoms with E-state index in [-0.39, 0.29) is 24.3 Å². The van der Waals surface area contributed by atoms with E-state index >= 15 is 0 Å². The van der Waals surface area contributed by atoms with Crippen LogP contribution in [0.4, 0.5) is 0 Å². The zero-order valence-corrected chi connectivity index (χ0v) is 11.6. The van der Waals surface area contributed by atoms with Crippen LogP contribution < -0.4 is 18.9 Å². The quantitative estimate of drug-likeness (QED) is 0.644. The molecule has 0 bridgehead atoms. The van der Waals surface area contributed by atoms with Crippen LogP contribution in [0.25, 0.3) is 10.9 Å². The van der Waals surface area contributed by atoms with Crippen LogP contribution in [0.3, 0.4) is 0 Å². The Hall–Kier alpha value is -0.633. The SMILES string of the molecule is CCOC=O.Clc1cc(Cl)c2cc[nH]c2c1.[Li+].[OH-]. The Morgan fingerprint density at radius 3 is 2.56 bits per heavy atom. The third-order valence-corrected chi connectivity index (χ3v) is 2.35. The third kappa shape index (κ3) is 5.81. The second-order valence-electron chi connectivity index (χ2n) is 2.88. The summed E-state index contributed by atoms with van der Waals surface area (Å²) in [4.78, 5) is 12.2. The number of H-pyrrole nitrogens is 1. The fourth-order valence-corrected chi connectivity index (χ4v) is 1.71. The van der Waals surface area contributed by atoms with E-state index in [1.54, 1.807) is 13.0 Å². The maximum atomic E-state index is 9.18. The summed E-state index contributed by atoms with van der Waals surface area (Å²) in [6, 6.07) is 5.51. The maximum absolute atomic E-state index is 9.18. The van der Waals surface area contributed by atoms with Crippen molar-refractivity contribution in [2.45, 2.75) is 6.92 Å². The number of carbonyl (C=O) groups excluding carboxylic acids is 1. The number of halogens is 2. The summed E-state index contributed by atoms with van der Waals surface area (Å²) in [5.74, 6) is 0. The second kappa shape index (κ2) is 10.3. The average Bonchev–Trinajstić information content (AvgIpc) is 2.68. The molecule has 18 heavy (non-hydrogen) atoms. The van der Waals surface area contributed by atoms with Crippen molar-refractivity contribution < 1.29 is 33.9 Å². The van der Waals surface area contributed by atoms with Gasteiger partial charge in [-0.05, 0) is 25.1 Å². The van der Waals surface area contributed by atoms with Crippen molar-refractivity contribution in [2.24, 2.45) is 0 Å². The van der Waals surface area contributed by atoms with E-state index in [0.29, 0.717) is 23.1 Å². The average molecular weight is 284 g/mol. The first-order valence-corrected chi connectivity index (χ1v) is 5.42. The van der Waals surface area contributed by atoms with Crippen molar-refractivity contribution in [1.29, 1.82) is 0 Å². The number of benzene rings is 1. The van der Waals surface area contributed by atoms with Gasteiger partial charge >= 0.3 is 18.9 Å². The van der Waals surface area contributed by atoms with Crippen LogP contribution in [0.15, 0.2) is 24.4 Å². The molecule has 0 aliphatic carbocycles. The number of fused-ring (bicyclic) bond motifs is 1. The number of aromatic amines is 1. The summed E-state index contributed by atoms with van der Waals surface area (Å²) in [7, 11) is 0. The number of rotatable bonds is 2. The van der Waals surface area contributed by atoms with E-state index in [0.717, 1.165) is 10.9 Å². The summed E-state index contributed by atoms with van der Waals surface area (Å²) in [5, 5.41) is 2.36. The van der Waals surface area contributed by atoms with Gasteiger partial charge in [0.2, 0.25) is 0 Å². The van der Waals surface area contributed by atoms with E-state index in [4.69, 9.17) is 23.2 Å². The van der Waals surface area contributed by atoms with Crippen molar-refractivity contribution in [3.8, 4) is 0 Å². The molecule has 4 nitrogen and oxygen atoms in total. The first-order valence-electron chi connectivity index (χ1n) is 4.66. The second-order valence-corrected chi connectivity index (χ2v) is 3.72. The fourth-order valence-electron chi connectivity index (χ4n) is 1.16. The molecule has 0 atom stereocenters. The Kier molecular flexibility index (Phi) is 11.3. The summed E-state index contributed by atoms with van der Waals surface area (Å²) < 4.78 is 4.15. The fraction of sp³-hybridized carbons (Fsp3) is 0.182. The molecular formula is C11H12Cl2LiNO3. The summed E-state index contributed by atoms with van der Waals surface area (Å²) in [6.45, 7) is 2.66. The van der Waals surface area contributed by atoms with Crippen molar-refractivity contribution >= 4 is 40.6 Å². The Morgan fingerprint density at radius 2 is 2.06 bits per heavy atom. The molecule has 0 saturated heterocycles. The van der Waals surface area contributed by atoms with Crippen LogP contribution in [0.2, 0.25) is 10.0 Å². The number of aromatic nitrogens is 1. The molecule has 0 radical (unpaired) electrons. The van der Waals surface area contributed by atoms with Gasteiger partial charge in [-0.1, -0.05) is 23.2 Å². The minimum atomic E-state index is 0. The molecule has 7 heteroatoms. The van der Waals surface area contributed by atoms with Crippen molar-refractivity contribution in [2.75, 3.05) is 6.61 Å². The Morgan fingerprint density at radius 1 is 1.39 bits per heavy atom. The van der Waals surface area contributed by atoms with Crippen LogP contribution in [-0.4, -0.2) is 23.5 Å². The molecule has 0 unspecified atom stereocenters. The van der Waals surface area contributed by atoms with Gasteiger partial charge in [-0.15, -0.1) is 0 Å². The third-order valence-electron chi connectivity index (χ3n) is 1.82. The topological polar surface area (TPSA) is 72.1 Å². The van der Waals surface area contributed by atoms with Gasteiger partial charge in [0.15, 0.2) is 0 Å². The molecule has 0 fully saturated rings. The molecule has 0 aliphatic rings. The van der Waals surface area contributed by atoms with Crippen LogP contribution in [0, 0.1) is 0 Å². The molecule has 0 amide bonds. The van der Waals surface area contributed by atoms with Gasteiger partial charge in [-0.25, -0.2) is 0 Å². The number of carbonyl (C=O) groups is 1. The molecule has 1 aromatic carbocycles. The van der Waals surface area contributed by atoms with Crippen LogP contribution >= 0.6 is 23.2 Å². The molecule has 0 saturated carbocycles. The van der Waals surface area contributed by atoms with Gasteiger partial charge < -0.3 is 15.2 Å². The van der Waals surface area contributed by atoms with E-state index in [1.807, 2.05) is 18.3 Å². The normalized spacial score (nSPS) is 8.39. The van der Waals surface area contributed by atoms with Gasteiger partial charge in [0, 0.05) is 22.1 Å². The number of hydrogen-bond donors (Lipinski definition) is 1. The molecular weight excluding hydrogens is 272 g/mol. The largest absolute Gasteiger partial charge is 1.00 e. The molecule has 2 aromatic rings. The first-order chi connectivity index (χ1) is 7.69. The van der Waals surface area contributed by atoms with Gasteiger partial charge in [-0.3, -0.25) is 4.79 Å². The van der Waals surface area contributed by atoms with Crippen LogP contribution in [-0.2, 0) is 9.53 Å². The molecule has 2 rings (SSSR count). The first kappa shape index (κ1) is 19.7. The predicted octanol–water partition coefficient (Wildman–Crippen LogP) is 0.481. The molecule has 0 spiro atoms. The van der Waals surface area contributed by atoms with Gasteiger partial charge in [0.1, 0.15) is 0 Å².